The Balaban J connectivity index is 2.81. The number of nitrogens with zero attached hydrogens (tertiary/aromatic N) is 1. The molecule has 0 rings (SSSR count). The zero-order valence-electron chi connectivity index (χ0n) is 4.01. The zero-order valence-corrected chi connectivity index (χ0v) is 4.90. The van der Waals surface area contributed by atoms with Crippen LogP contribution in [0.2, 0.25) is 0 Å². The maximum atomic E-state index is 9.67. The van der Waals surface area contributed by atoms with E-state index < -0.39 is 0 Å². The third kappa shape index (κ3) is 4.06. The van der Waals surface area contributed by atoms with Gasteiger partial charge in [-0.15, -0.1) is 0 Å². The Morgan fingerprint density at radius 2 is 2.17 bits per heavy atom. The van der Waals surface area contributed by atoms with Crippen LogP contribution in [0.15, 0.2) is 0 Å². The van der Waals surface area contributed by atoms with Gasteiger partial charge in [-0.25, -0.2) is 0 Å². The first kappa shape index (κ1) is 6.06. The molecule has 0 aliphatic carbocycles. The predicted molar refractivity (Wildman–Crippen MR) is 26.2 cm³/mol. The molecule has 3 heteroatoms. The van der Waals surface area contributed by atoms with Crippen molar-refractivity contribution in [1.82, 2.24) is 4.90 Å². The van der Waals surface area contributed by atoms with Crippen molar-refractivity contribution in [2.75, 3.05) is 20.4 Å². The van der Waals surface area contributed by atoms with E-state index >= 15 is 0 Å². The Labute approximate surface area is 39.3 Å². The van der Waals surface area contributed by atoms with Crippen molar-refractivity contribution in [3.63, 3.8) is 0 Å². The summed E-state index contributed by atoms with van der Waals surface area (Å²) >= 11 is 0. The summed E-state index contributed by atoms with van der Waals surface area (Å²) in [6, 6.07) is 0. The molecule has 0 aromatic heterocycles. The van der Waals surface area contributed by atoms with Crippen LogP contribution in [0.4, 0.5) is 0 Å². The zero-order chi connectivity index (χ0) is 4.99. The lowest BCUT2D eigenvalue weighted by molar-refractivity contribution is 0.473. The molecule has 0 radical (unpaired) electrons. The van der Waals surface area contributed by atoms with Gasteiger partial charge in [-0.1, -0.05) is 0 Å². The summed E-state index contributed by atoms with van der Waals surface area (Å²) in [6.45, 7) is 0. The highest BCUT2D eigenvalue weighted by molar-refractivity contribution is 7.23. The van der Waals surface area contributed by atoms with Gasteiger partial charge in [0.1, 0.15) is 0 Å². The second-order valence-corrected chi connectivity index (χ2v) is 1.89. The molecule has 0 aromatic carbocycles. The molecule has 0 fully saturated rings. The van der Waals surface area contributed by atoms with E-state index in [1.165, 1.54) is 0 Å². The SMILES string of the molecule is CN(C)CP=O. The predicted octanol–water partition coefficient (Wildman–Crippen LogP) is 0.797. The van der Waals surface area contributed by atoms with Crippen molar-refractivity contribution >= 4 is 8.46 Å². The van der Waals surface area contributed by atoms with Gasteiger partial charge in [-0.2, -0.15) is 0 Å². The van der Waals surface area contributed by atoms with Crippen LogP contribution in [0.5, 0.6) is 0 Å². The third-order valence-corrected chi connectivity index (χ3v) is 1.02. The molecule has 0 aliphatic heterocycles. The van der Waals surface area contributed by atoms with Gasteiger partial charge < -0.3 is 0 Å². The van der Waals surface area contributed by atoms with Gasteiger partial charge in [0.25, 0.3) is 0 Å². The van der Waals surface area contributed by atoms with Crippen LogP contribution < -0.4 is 0 Å². The molecule has 0 aliphatic rings. The van der Waals surface area contributed by atoms with E-state index in [-0.39, 0.29) is 8.46 Å². The Bertz CT molecular complexity index is 46.1. The van der Waals surface area contributed by atoms with Crippen LogP contribution >= 0.6 is 8.46 Å². The molecule has 0 saturated heterocycles. The lowest BCUT2D eigenvalue weighted by atomic mass is 11.0. The molecule has 0 aromatic rings. The Morgan fingerprint density at radius 1 is 1.67 bits per heavy atom. The van der Waals surface area contributed by atoms with Gasteiger partial charge in [0.15, 0.2) is 8.46 Å². The molecule has 36 valence electrons. The summed E-state index contributed by atoms with van der Waals surface area (Å²) in [6.07, 6.45) is 0.625. The third-order valence-electron chi connectivity index (χ3n) is 0.341. The van der Waals surface area contributed by atoms with Gasteiger partial charge in [0, 0.05) is 0 Å². The number of hydrogen-bond acceptors (Lipinski definition) is 2. The second-order valence-electron chi connectivity index (χ2n) is 1.35. The smallest absolute Gasteiger partial charge is 0.170 e. The fourth-order valence-corrected chi connectivity index (χ4v) is 0.346. The molecule has 0 heterocycles. The highest BCUT2D eigenvalue weighted by atomic mass is 31.1. The molecule has 2 nitrogen and oxygen atoms in total. The first-order chi connectivity index (χ1) is 2.77. The van der Waals surface area contributed by atoms with Gasteiger partial charge in [0.05, 0.1) is 6.29 Å². The molecule has 0 N–H and O–H groups in total. The largest absolute Gasteiger partial charge is 0.299 e. The number of rotatable bonds is 2. The van der Waals surface area contributed by atoms with E-state index in [4.69, 9.17) is 0 Å². The highest BCUT2D eigenvalue weighted by Crippen LogP contribution is 1.89. The maximum absolute atomic E-state index is 9.67. The molecule has 0 atom stereocenters. The van der Waals surface area contributed by atoms with Gasteiger partial charge in [-0.3, -0.25) is 9.46 Å². The average molecular weight is 105 g/mol. The molecule has 0 unspecified atom stereocenters. The van der Waals surface area contributed by atoms with Crippen LogP contribution in [0.1, 0.15) is 0 Å². The highest BCUT2D eigenvalue weighted by Gasteiger charge is 1.80. The van der Waals surface area contributed by atoms with Crippen LogP contribution in [0, 0.1) is 0 Å². The monoisotopic (exact) mass is 105 g/mol. The van der Waals surface area contributed by atoms with Crippen LogP contribution in [0.3, 0.4) is 0 Å². The van der Waals surface area contributed by atoms with Crippen LogP contribution in [-0.2, 0) is 4.57 Å². The van der Waals surface area contributed by atoms with E-state index in [1.54, 1.807) is 0 Å². The summed E-state index contributed by atoms with van der Waals surface area (Å²) in [5.41, 5.74) is 0. The second kappa shape index (κ2) is 3.26. The lowest BCUT2D eigenvalue weighted by Crippen LogP contribution is -2.06. The summed E-state index contributed by atoms with van der Waals surface area (Å²) in [5, 5.41) is 0. The Hall–Kier alpha value is 0.0600. The lowest BCUT2D eigenvalue weighted by Gasteiger charge is -1.98. The topological polar surface area (TPSA) is 20.3 Å². The summed E-state index contributed by atoms with van der Waals surface area (Å²) < 4.78 is 9.67. The standard InChI is InChI=1S/C3H8NOP/c1-4(2)3-6-5/h3H2,1-2H3. The summed E-state index contributed by atoms with van der Waals surface area (Å²) in [5.74, 6) is 0. The minimum absolute atomic E-state index is 0.200. The first-order valence-corrected chi connectivity index (χ1v) is 2.71. The van der Waals surface area contributed by atoms with E-state index in [2.05, 4.69) is 0 Å². The summed E-state index contributed by atoms with van der Waals surface area (Å²) in [7, 11) is 3.96. The van der Waals surface area contributed by atoms with E-state index in [0.29, 0.717) is 6.29 Å². The van der Waals surface area contributed by atoms with Crippen molar-refractivity contribution in [3.05, 3.63) is 0 Å². The molecule has 0 bridgehead atoms. The quantitative estimate of drug-likeness (QED) is 0.484. The minimum atomic E-state index is 0.200. The summed E-state index contributed by atoms with van der Waals surface area (Å²) in [4.78, 5) is 1.86. The molecule has 0 spiro atoms. The maximum Gasteiger partial charge on any atom is 0.170 e. The van der Waals surface area contributed by atoms with Crippen molar-refractivity contribution in [2.24, 2.45) is 0 Å². The molecular formula is C3H8NOP. The van der Waals surface area contributed by atoms with Crippen molar-refractivity contribution in [3.8, 4) is 0 Å². The van der Waals surface area contributed by atoms with Gasteiger partial charge >= 0.3 is 0 Å². The Morgan fingerprint density at radius 3 is 2.17 bits per heavy atom. The average Bonchev–Trinajstić information content (AvgIpc) is 1.35. The van der Waals surface area contributed by atoms with Gasteiger partial charge in [-0.05, 0) is 14.1 Å². The van der Waals surface area contributed by atoms with Crippen molar-refractivity contribution in [1.29, 1.82) is 0 Å². The van der Waals surface area contributed by atoms with Crippen LogP contribution in [0.25, 0.3) is 0 Å². The minimum Gasteiger partial charge on any atom is -0.299 e. The molecule has 0 saturated carbocycles. The first-order valence-electron chi connectivity index (χ1n) is 1.71. The fraction of sp³-hybridized carbons (Fsp3) is 1.00. The normalized spacial score (nSPS) is 10.5. The Kier molecular flexibility index (Phi) is 3.29. The van der Waals surface area contributed by atoms with E-state index in [9.17, 15) is 4.57 Å². The van der Waals surface area contributed by atoms with E-state index in [0.717, 1.165) is 0 Å². The fourth-order valence-electron chi connectivity index (χ4n) is 0.115. The van der Waals surface area contributed by atoms with E-state index in [1.807, 2.05) is 19.0 Å². The molecular weight excluding hydrogens is 97.0 g/mol. The molecule has 6 heavy (non-hydrogen) atoms. The van der Waals surface area contributed by atoms with Crippen molar-refractivity contribution in [2.45, 2.75) is 0 Å². The number of hydrogen-bond donors (Lipinski definition) is 0. The van der Waals surface area contributed by atoms with Gasteiger partial charge in [0.2, 0.25) is 0 Å². The van der Waals surface area contributed by atoms with Crippen LogP contribution in [-0.4, -0.2) is 25.3 Å². The van der Waals surface area contributed by atoms with Crippen molar-refractivity contribution < 1.29 is 4.57 Å². The molecule has 0 amide bonds.